The van der Waals surface area contributed by atoms with Crippen LogP contribution in [0.15, 0.2) is 42.5 Å². The summed E-state index contributed by atoms with van der Waals surface area (Å²) in [5.74, 6) is -0.821. The van der Waals surface area contributed by atoms with Crippen LogP contribution < -0.4 is 14.8 Å². The molecule has 8 heteroatoms. The van der Waals surface area contributed by atoms with Crippen molar-refractivity contribution in [1.29, 1.82) is 0 Å². The van der Waals surface area contributed by atoms with Crippen molar-refractivity contribution in [2.45, 2.75) is 0 Å². The molecule has 0 unspecified atom stereocenters. The fourth-order valence-electron chi connectivity index (χ4n) is 2.16. The van der Waals surface area contributed by atoms with E-state index in [1.54, 1.807) is 24.3 Å². The van der Waals surface area contributed by atoms with Crippen molar-refractivity contribution in [1.82, 2.24) is 5.32 Å². The third-order valence-corrected chi connectivity index (χ3v) is 3.88. The molecule has 1 N–H and O–H groups in total. The van der Waals surface area contributed by atoms with Crippen molar-refractivity contribution in [2.75, 3.05) is 27.4 Å². The number of halogens is 1. The molecule has 2 rings (SSSR count). The van der Waals surface area contributed by atoms with Gasteiger partial charge in [-0.15, -0.1) is 0 Å². The highest BCUT2D eigenvalue weighted by molar-refractivity contribution is 6.34. The van der Waals surface area contributed by atoms with Crippen LogP contribution in [0, 0.1) is 0 Å². The molecule has 0 aliphatic rings. The summed E-state index contributed by atoms with van der Waals surface area (Å²) in [6, 6.07) is 11.1. The van der Waals surface area contributed by atoms with Gasteiger partial charge in [0.1, 0.15) is 18.0 Å². The number of hydrogen-bond donors (Lipinski definition) is 1. The number of Topliss-reactive ketones (excluding diaryl/α,β-unsaturated/α-hetero) is 1. The lowest BCUT2D eigenvalue weighted by Crippen LogP contribution is -2.31. The van der Waals surface area contributed by atoms with Crippen LogP contribution in [0.3, 0.4) is 0 Å². The van der Waals surface area contributed by atoms with Gasteiger partial charge in [0, 0.05) is 17.2 Å². The maximum Gasteiger partial charge on any atom is 0.325 e. The second-order valence-corrected chi connectivity index (χ2v) is 5.75. The summed E-state index contributed by atoms with van der Waals surface area (Å²) in [5.41, 5.74) is 0.519. The molecule has 0 bridgehead atoms. The van der Waals surface area contributed by atoms with E-state index in [4.69, 9.17) is 25.8 Å². The zero-order chi connectivity index (χ0) is 19.8. The highest BCUT2D eigenvalue weighted by Crippen LogP contribution is 2.22. The molecule has 27 heavy (non-hydrogen) atoms. The van der Waals surface area contributed by atoms with Gasteiger partial charge in [-0.3, -0.25) is 14.4 Å². The molecule has 2 aromatic carbocycles. The maximum atomic E-state index is 12.2. The van der Waals surface area contributed by atoms with Gasteiger partial charge in [0.2, 0.25) is 5.78 Å². The second-order valence-electron chi connectivity index (χ2n) is 5.35. The number of ketones is 1. The monoisotopic (exact) mass is 391 g/mol. The predicted molar refractivity (Wildman–Crippen MR) is 98.6 cm³/mol. The van der Waals surface area contributed by atoms with Gasteiger partial charge in [0.15, 0.2) is 6.61 Å². The van der Waals surface area contributed by atoms with E-state index in [0.717, 1.165) is 0 Å². The molecule has 0 aromatic heterocycles. The van der Waals surface area contributed by atoms with Crippen molar-refractivity contribution in [3.8, 4) is 11.5 Å². The lowest BCUT2D eigenvalue weighted by atomic mass is 10.1. The van der Waals surface area contributed by atoms with E-state index in [2.05, 4.69) is 5.32 Å². The van der Waals surface area contributed by atoms with Gasteiger partial charge in [-0.05, 0) is 24.3 Å². The van der Waals surface area contributed by atoms with Crippen molar-refractivity contribution in [2.24, 2.45) is 0 Å². The molecular formula is C19H18ClNO6. The van der Waals surface area contributed by atoms with Crippen LogP contribution in [0.25, 0.3) is 0 Å². The molecule has 0 saturated heterocycles. The Hall–Kier alpha value is -3.06. The Morgan fingerprint density at radius 1 is 1.00 bits per heavy atom. The SMILES string of the molecule is COc1cc(OC)cc(C(=O)NCC(=O)OCC(=O)c2ccccc2Cl)c1. The van der Waals surface area contributed by atoms with Crippen LogP contribution >= 0.6 is 11.6 Å². The number of hydrogen-bond acceptors (Lipinski definition) is 6. The summed E-state index contributed by atoms with van der Waals surface area (Å²) >= 11 is 5.92. The van der Waals surface area contributed by atoms with Gasteiger partial charge in [0.05, 0.1) is 19.2 Å². The van der Waals surface area contributed by atoms with Gasteiger partial charge < -0.3 is 19.5 Å². The van der Waals surface area contributed by atoms with Crippen LogP contribution in [-0.4, -0.2) is 45.0 Å². The zero-order valence-electron chi connectivity index (χ0n) is 14.8. The summed E-state index contributed by atoms with van der Waals surface area (Å²) in [6.45, 7) is -0.862. The molecule has 7 nitrogen and oxygen atoms in total. The van der Waals surface area contributed by atoms with E-state index in [9.17, 15) is 14.4 Å². The predicted octanol–water partition coefficient (Wildman–Crippen LogP) is 2.51. The summed E-state index contributed by atoms with van der Waals surface area (Å²) in [5, 5.41) is 2.69. The van der Waals surface area contributed by atoms with E-state index in [1.807, 2.05) is 0 Å². The minimum absolute atomic E-state index is 0.256. The van der Waals surface area contributed by atoms with Crippen LogP contribution in [0.5, 0.6) is 11.5 Å². The molecule has 0 atom stereocenters. The quantitative estimate of drug-likeness (QED) is 0.549. The lowest BCUT2D eigenvalue weighted by molar-refractivity contribution is -0.141. The average Bonchev–Trinajstić information content (AvgIpc) is 2.69. The summed E-state index contributed by atoms with van der Waals surface area (Å²) in [4.78, 5) is 35.9. The van der Waals surface area contributed by atoms with Gasteiger partial charge in [-0.25, -0.2) is 0 Å². The van der Waals surface area contributed by atoms with Gasteiger partial charge in [-0.2, -0.15) is 0 Å². The van der Waals surface area contributed by atoms with Gasteiger partial charge in [-0.1, -0.05) is 23.7 Å². The summed E-state index contributed by atoms with van der Waals surface area (Å²) < 4.78 is 15.1. The first-order chi connectivity index (χ1) is 12.9. The first kappa shape index (κ1) is 20.3. The topological polar surface area (TPSA) is 90.9 Å². The highest BCUT2D eigenvalue weighted by Gasteiger charge is 2.15. The molecule has 0 radical (unpaired) electrons. The molecule has 0 saturated carbocycles. The van der Waals surface area contributed by atoms with Crippen molar-refractivity contribution < 1.29 is 28.6 Å². The largest absolute Gasteiger partial charge is 0.497 e. The Bertz CT molecular complexity index is 830. The van der Waals surface area contributed by atoms with E-state index in [0.29, 0.717) is 11.5 Å². The van der Waals surface area contributed by atoms with Crippen LogP contribution in [0.4, 0.5) is 0 Å². The fourth-order valence-corrected chi connectivity index (χ4v) is 2.40. The number of methoxy groups -OCH3 is 2. The smallest absolute Gasteiger partial charge is 0.325 e. The van der Waals surface area contributed by atoms with Crippen LogP contribution in [0.2, 0.25) is 5.02 Å². The van der Waals surface area contributed by atoms with E-state index < -0.39 is 30.8 Å². The van der Waals surface area contributed by atoms with Crippen LogP contribution in [-0.2, 0) is 9.53 Å². The average molecular weight is 392 g/mol. The highest BCUT2D eigenvalue weighted by atomic mass is 35.5. The second kappa shape index (κ2) is 9.59. The molecule has 0 spiro atoms. The Morgan fingerprint density at radius 2 is 1.63 bits per heavy atom. The Balaban J connectivity index is 1.87. The minimum atomic E-state index is -0.751. The van der Waals surface area contributed by atoms with Gasteiger partial charge in [0.25, 0.3) is 5.91 Å². The minimum Gasteiger partial charge on any atom is -0.497 e. The molecule has 0 aliphatic carbocycles. The summed E-state index contributed by atoms with van der Waals surface area (Å²) in [7, 11) is 2.92. The van der Waals surface area contributed by atoms with Crippen molar-refractivity contribution >= 4 is 29.3 Å². The Labute approximate surface area is 161 Å². The number of amides is 1. The number of carbonyl (C=O) groups excluding carboxylic acids is 3. The van der Waals surface area contributed by atoms with Crippen molar-refractivity contribution in [3.63, 3.8) is 0 Å². The van der Waals surface area contributed by atoms with Crippen molar-refractivity contribution in [3.05, 3.63) is 58.6 Å². The normalized spacial score (nSPS) is 10.0. The number of carbonyl (C=O) groups is 3. The fraction of sp³-hybridized carbons (Fsp3) is 0.211. The summed E-state index contributed by atoms with van der Waals surface area (Å²) in [6.07, 6.45) is 0. The third kappa shape index (κ3) is 5.72. The first-order valence-corrected chi connectivity index (χ1v) is 8.27. The van der Waals surface area contributed by atoms with E-state index >= 15 is 0 Å². The maximum absolute atomic E-state index is 12.2. The molecule has 142 valence electrons. The lowest BCUT2D eigenvalue weighted by Gasteiger charge is -2.09. The standard InChI is InChI=1S/C19H18ClNO6/c1-25-13-7-12(8-14(9-13)26-2)19(24)21-10-18(23)27-11-17(22)15-5-3-4-6-16(15)20/h3-9H,10-11H2,1-2H3,(H,21,24). The third-order valence-electron chi connectivity index (χ3n) is 3.55. The molecule has 0 heterocycles. The van der Waals surface area contributed by atoms with E-state index in [1.165, 1.54) is 32.4 Å². The number of nitrogens with one attached hydrogen (secondary N) is 1. The first-order valence-electron chi connectivity index (χ1n) is 7.89. The molecule has 0 aliphatic heterocycles. The van der Waals surface area contributed by atoms with Gasteiger partial charge >= 0.3 is 5.97 Å². The number of esters is 1. The Kier molecular flexibility index (Phi) is 7.19. The number of rotatable bonds is 8. The number of ether oxygens (including phenoxy) is 3. The molecule has 1 amide bonds. The van der Waals surface area contributed by atoms with Crippen LogP contribution in [0.1, 0.15) is 20.7 Å². The molecule has 2 aromatic rings. The van der Waals surface area contributed by atoms with E-state index in [-0.39, 0.29) is 16.1 Å². The molecular weight excluding hydrogens is 374 g/mol. The zero-order valence-corrected chi connectivity index (χ0v) is 15.5. The molecule has 0 fully saturated rings. The number of benzene rings is 2. The Morgan fingerprint density at radius 3 is 2.22 bits per heavy atom.